The van der Waals surface area contributed by atoms with Gasteiger partial charge in [-0.1, -0.05) is 42.3 Å². The molecule has 0 radical (unpaired) electrons. The quantitative estimate of drug-likeness (QED) is 0.506. The average Bonchev–Trinajstić information content (AvgIpc) is 3.26. The fourth-order valence-corrected chi connectivity index (χ4v) is 5.29. The van der Waals surface area contributed by atoms with Crippen LogP contribution in [0.25, 0.3) is 11.5 Å². The number of carbonyl (C=O) groups is 1. The predicted molar refractivity (Wildman–Crippen MR) is 127 cm³/mol. The molecular formula is C24H26ClN3O4S. The average molecular weight is 488 g/mol. The molecule has 0 unspecified atom stereocenters. The number of oxazole rings is 1. The Hall–Kier alpha value is -2.84. The van der Waals surface area contributed by atoms with Crippen LogP contribution in [0.4, 0.5) is 5.88 Å². The molecule has 9 heteroatoms. The topological polar surface area (TPSA) is 83.7 Å². The summed E-state index contributed by atoms with van der Waals surface area (Å²) < 4.78 is 33.1. The molecular weight excluding hydrogens is 462 g/mol. The third-order valence-electron chi connectivity index (χ3n) is 5.62. The first-order valence-corrected chi connectivity index (χ1v) is 12.8. The van der Waals surface area contributed by atoms with Crippen molar-refractivity contribution in [3.63, 3.8) is 0 Å². The van der Waals surface area contributed by atoms with Gasteiger partial charge in [-0.2, -0.15) is 4.98 Å². The molecule has 1 saturated heterocycles. The summed E-state index contributed by atoms with van der Waals surface area (Å²) in [5.74, 6) is 0.484. The number of anilines is 1. The number of hydrogen-bond donors (Lipinski definition) is 0. The molecule has 0 spiro atoms. The van der Waals surface area contributed by atoms with E-state index in [2.05, 4.69) is 4.98 Å². The molecule has 7 nitrogen and oxygen atoms in total. The van der Waals surface area contributed by atoms with Crippen LogP contribution in [0.5, 0.6) is 0 Å². The van der Waals surface area contributed by atoms with E-state index in [4.69, 9.17) is 16.0 Å². The summed E-state index contributed by atoms with van der Waals surface area (Å²) in [7, 11) is -3.93. The molecule has 1 aliphatic heterocycles. The number of hydrogen-bond acceptors (Lipinski definition) is 6. The zero-order valence-corrected chi connectivity index (χ0v) is 20.2. The molecule has 33 heavy (non-hydrogen) atoms. The minimum absolute atomic E-state index is 0.113. The van der Waals surface area contributed by atoms with Crippen molar-refractivity contribution in [3.05, 3.63) is 59.1 Å². The van der Waals surface area contributed by atoms with Crippen LogP contribution in [0.15, 0.2) is 62.9 Å². The van der Waals surface area contributed by atoms with E-state index < -0.39 is 9.84 Å². The van der Waals surface area contributed by atoms with Crippen molar-refractivity contribution in [2.75, 3.05) is 31.1 Å². The van der Waals surface area contributed by atoms with Crippen LogP contribution in [0.2, 0.25) is 5.02 Å². The number of rotatable bonds is 6. The summed E-state index contributed by atoms with van der Waals surface area (Å²) in [6, 6.07) is 13.6. The number of aryl methyl sites for hydroxylation is 1. The molecule has 4 rings (SSSR count). The molecule has 3 aromatic rings. The van der Waals surface area contributed by atoms with Crippen LogP contribution in [0.1, 0.15) is 25.3 Å². The van der Waals surface area contributed by atoms with Crippen molar-refractivity contribution < 1.29 is 17.6 Å². The summed E-state index contributed by atoms with van der Waals surface area (Å²) >= 11 is 6.13. The Morgan fingerprint density at radius 3 is 2.42 bits per heavy atom. The fraction of sp³-hybridized carbons (Fsp3) is 0.333. The highest BCUT2D eigenvalue weighted by atomic mass is 35.5. The van der Waals surface area contributed by atoms with Gasteiger partial charge in [-0.15, -0.1) is 0 Å². The molecule has 0 aliphatic carbocycles. The molecule has 1 amide bonds. The summed E-state index contributed by atoms with van der Waals surface area (Å²) in [6.45, 7) is 5.77. The summed E-state index contributed by atoms with van der Waals surface area (Å²) in [6.07, 6.45) is 1.30. The van der Waals surface area contributed by atoms with E-state index in [1.54, 1.807) is 48.5 Å². The van der Waals surface area contributed by atoms with Gasteiger partial charge in [0.1, 0.15) is 0 Å². The largest absolute Gasteiger partial charge is 0.419 e. The zero-order valence-electron chi connectivity index (χ0n) is 18.6. The highest BCUT2D eigenvalue weighted by Crippen LogP contribution is 2.35. The van der Waals surface area contributed by atoms with Gasteiger partial charge in [0, 0.05) is 43.2 Å². The fourth-order valence-electron chi connectivity index (χ4n) is 3.78. The van der Waals surface area contributed by atoms with Crippen LogP contribution in [0.3, 0.4) is 0 Å². The van der Waals surface area contributed by atoms with Crippen molar-refractivity contribution in [2.24, 2.45) is 0 Å². The van der Waals surface area contributed by atoms with Gasteiger partial charge >= 0.3 is 0 Å². The standard InChI is InChI=1S/C24H26ClN3O4S/c1-3-5-21(29)27-12-14-28(15-13-27)24-23(33(30,31)20-10-8-17(2)9-11-20)26-22(32-24)18-6-4-7-19(25)16-18/h4,6-11,16H,3,5,12-15H2,1-2H3. The van der Waals surface area contributed by atoms with E-state index in [1.807, 2.05) is 23.6 Å². The van der Waals surface area contributed by atoms with E-state index in [-0.39, 0.29) is 27.6 Å². The van der Waals surface area contributed by atoms with Crippen LogP contribution in [0, 0.1) is 6.92 Å². The van der Waals surface area contributed by atoms with Gasteiger partial charge in [-0.25, -0.2) is 8.42 Å². The van der Waals surface area contributed by atoms with Crippen LogP contribution < -0.4 is 4.90 Å². The van der Waals surface area contributed by atoms with E-state index in [0.29, 0.717) is 43.2 Å². The number of sulfone groups is 1. The molecule has 0 saturated carbocycles. The summed E-state index contributed by atoms with van der Waals surface area (Å²) in [5.41, 5.74) is 1.55. The van der Waals surface area contributed by atoms with E-state index in [1.165, 1.54) is 0 Å². The molecule has 0 atom stereocenters. The minimum Gasteiger partial charge on any atom is -0.419 e. The van der Waals surface area contributed by atoms with E-state index in [0.717, 1.165) is 12.0 Å². The maximum Gasteiger partial charge on any atom is 0.236 e. The summed E-state index contributed by atoms with van der Waals surface area (Å²) in [4.78, 5) is 20.5. The molecule has 1 aliphatic rings. The number of carbonyl (C=O) groups excluding carboxylic acids is 1. The number of halogens is 1. The van der Waals surface area contributed by atoms with Gasteiger partial charge < -0.3 is 14.2 Å². The van der Waals surface area contributed by atoms with Crippen molar-refractivity contribution in [1.29, 1.82) is 0 Å². The van der Waals surface area contributed by atoms with Crippen molar-refractivity contribution in [2.45, 2.75) is 36.6 Å². The maximum atomic E-state index is 13.5. The van der Waals surface area contributed by atoms with Gasteiger partial charge in [0.2, 0.25) is 32.5 Å². The minimum atomic E-state index is -3.93. The molecule has 0 bridgehead atoms. The monoisotopic (exact) mass is 487 g/mol. The number of aromatic nitrogens is 1. The van der Waals surface area contributed by atoms with Crippen molar-refractivity contribution in [1.82, 2.24) is 9.88 Å². The number of benzene rings is 2. The molecule has 0 N–H and O–H groups in total. The lowest BCUT2D eigenvalue weighted by atomic mass is 10.2. The lowest BCUT2D eigenvalue weighted by molar-refractivity contribution is -0.131. The molecule has 174 valence electrons. The SMILES string of the molecule is CCCC(=O)N1CCN(c2oc(-c3cccc(Cl)c3)nc2S(=O)(=O)c2ccc(C)cc2)CC1. The van der Waals surface area contributed by atoms with Crippen molar-refractivity contribution in [3.8, 4) is 11.5 Å². The van der Waals surface area contributed by atoms with Gasteiger partial charge in [-0.3, -0.25) is 4.79 Å². The first-order valence-electron chi connectivity index (χ1n) is 10.9. The predicted octanol–water partition coefficient (Wildman–Crippen LogP) is 4.58. The lowest BCUT2D eigenvalue weighted by Gasteiger charge is -2.34. The van der Waals surface area contributed by atoms with Gasteiger partial charge in [0.05, 0.1) is 4.90 Å². The second-order valence-corrected chi connectivity index (χ2v) is 10.4. The van der Waals surface area contributed by atoms with Crippen molar-refractivity contribution >= 4 is 33.2 Å². The van der Waals surface area contributed by atoms with Crippen LogP contribution in [-0.4, -0.2) is 50.4 Å². The smallest absolute Gasteiger partial charge is 0.236 e. The second kappa shape index (κ2) is 9.57. The molecule has 1 fully saturated rings. The van der Waals surface area contributed by atoms with Gasteiger partial charge in [0.25, 0.3) is 0 Å². The van der Waals surface area contributed by atoms with E-state index >= 15 is 0 Å². The highest BCUT2D eigenvalue weighted by Gasteiger charge is 2.33. The van der Waals surface area contributed by atoms with Crippen LogP contribution in [-0.2, 0) is 14.6 Å². The highest BCUT2D eigenvalue weighted by molar-refractivity contribution is 7.91. The first-order chi connectivity index (χ1) is 15.8. The Balaban J connectivity index is 1.73. The Morgan fingerprint density at radius 2 is 1.79 bits per heavy atom. The Bertz CT molecular complexity index is 1250. The van der Waals surface area contributed by atoms with Gasteiger partial charge in [-0.05, 0) is 43.7 Å². The molecule has 1 aromatic heterocycles. The maximum absolute atomic E-state index is 13.5. The molecule has 2 heterocycles. The molecule has 2 aromatic carbocycles. The number of piperazine rings is 1. The normalized spacial score (nSPS) is 14.5. The number of amides is 1. The Morgan fingerprint density at radius 1 is 1.09 bits per heavy atom. The zero-order chi connectivity index (χ0) is 23.6. The third kappa shape index (κ3) is 4.91. The third-order valence-corrected chi connectivity index (χ3v) is 7.52. The summed E-state index contributed by atoms with van der Waals surface area (Å²) in [5, 5.41) is 0.368. The second-order valence-electron chi connectivity index (χ2n) is 8.07. The first kappa shape index (κ1) is 23.3. The Kier molecular flexibility index (Phi) is 6.76. The lowest BCUT2D eigenvalue weighted by Crippen LogP contribution is -2.48. The van der Waals surface area contributed by atoms with Crippen LogP contribution >= 0.6 is 11.6 Å². The number of nitrogens with zero attached hydrogens (tertiary/aromatic N) is 3. The van der Waals surface area contributed by atoms with Gasteiger partial charge in [0.15, 0.2) is 0 Å². The Labute approximate surface area is 198 Å². The van der Waals surface area contributed by atoms with E-state index in [9.17, 15) is 13.2 Å².